The molecule has 3 rings (SSSR count). The van der Waals surface area contributed by atoms with E-state index in [0.717, 1.165) is 10.6 Å². The Morgan fingerprint density at radius 2 is 1.95 bits per heavy atom. The van der Waals surface area contributed by atoms with Crippen LogP contribution in [0.1, 0.15) is 0 Å². The van der Waals surface area contributed by atoms with Gasteiger partial charge in [0.2, 0.25) is 5.79 Å². The van der Waals surface area contributed by atoms with Crippen LogP contribution in [0.15, 0.2) is 26.9 Å². The summed E-state index contributed by atoms with van der Waals surface area (Å²) in [6.07, 6.45) is 1.19. The Labute approximate surface area is 121 Å². The largest absolute Gasteiger partial charge is 0.341 e. The van der Waals surface area contributed by atoms with Gasteiger partial charge < -0.3 is 9.47 Å². The molecule has 1 aliphatic carbocycles. The van der Waals surface area contributed by atoms with Crippen molar-refractivity contribution >= 4 is 34.7 Å². The Hall–Kier alpha value is -1.41. The fourth-order valence-corrected chi connectivity index (χ4v) is 2.98. The van der Waals surface area contributed by atoms with Crippen LogP contribution in [0.2, 0.25) is 0 Å². The maximum Gasteiger partial charge on any atom is 0.332 e. The number of aromatic amines is 1. The topological polar surface area (TPSA) is 90.4 Å². The molecule has 0 bridgehead atoms. The molecule has 1 aromatic rings. The number of ketones is 1. The number of allylic oxidation sites excluding steroid dienone is 1. The Kier molecular flexibility index (Phi) is 3.09. The second kappa shape index (κ2) is 4.56. The van der Waals surface area contributed by atoms with E-state index in [-0.39, 0.29) is 23.9 Å². The molecule has 2 heterocycles. The number of hydrogen-bond donors (Lipinski definition) is 1. The summed E-state index contributed by atoms with van der Waals surface area (Å²) in [5.41, 5.74) is -1.34. The second-order valence-electron chi connectivity index (χ2n) is 4.23. The lowest BCUT2D eigenvalue weighted by Gasteiger charge is -2.27. The van der Waals surface area contributed by atoms with Crippen molar-refractivity contribution in [1.29, 1.82) is 0 Å². The van der Waals surface area contributed by atoms with E-state index in [0.29, 0.717) is 0 Å². The molecular weight excluding hydrogens is 311 g/mol. The SMILES string of the molecule is O=C1C(Cl)=C(n2ccc(=O)[nH]c2=O)C2(OCCO2)C1Cl. The maximum absolute atomic E-state index is 12.0. The number of rotatable bonds is 1. The minimum absolute atomic E-state index is 0.0112. The van der Waals surface area contributed by atoms with Gasteiger partial charge in [-0.1, -0.05) is 11.6 Å². The molecule has 1 N–H and O–H groups in total. The summed E-state index contributed by atoms with van der Waals surface area (Å²) in [4.78, 5) is 37.0. The van der Waals surface area contributed by atoms with Crippen LogP contribution in [0, 0.1) is 0 Å². The standard InChI is InChI=1S/C11H8Cl2N2O5/c12-6-7(17)8(13)11(19-3-4-20-11)9(6)15-2-1-5(16)14-10(15)18/h1-2,8H,3-4H2,(H,14,16,18). The highest BCUT2D eigenvalue weighted by Gasteiger charge is 2.58. The number of nitrogens with zero attached hydrogens (tertiary/aromatic N) is 1. The number of alkyl halides is 1. The Morgan fingerprint density at radius 1 is 1.30 bits per heavy atom. The van der Waals surface area contributed by atoms with Crippen molar-refractivity contribution in [2.75, 3.05) is 13.2 Å². The summed E-state index contributed by atoms with van der Waals surface area (Å²) < 4.78 is 11.9. The molecule has 1 atom stereocenters. The molecule has 0 amide bonds. The fraction of sp³-hybridized carbons (Fsp3) is 0.364. The molecule has 20 heavy (non-hydrogen) atoms. The van der Waals surface area contributed by atoms with E-state index in [9.17, 15) is 14.4 Å². The second-order valence-corrected chi connectivity index (χ2v) is 5.05. The van der Waals surface area contributed by atoms with E-state index in [1.807, 2.05) is 0 Å². The van der Waals surface area contributed by atoms with Crippen LogP contribution in [-0.4, -0.2) is 39.7 Å². The number of carbonyl (C=O) groups excluding carboxylic acids is 1. The van der Waals surface area contributed by atoms with Crippen molar-refractivity contribution in [2.24, 2.45) is 0 Å². The normalized spacial score (nSPS) is 24.9. The number of ether oxygens (including phenoxy) is 2. The third kappa shape index (κ3) is 1.71. The molecule has 7 nitrogen and oxygen atoms in total. The average Bonchev–Trinajstić information content (AvgIpc) is 2.95. The van der Waals surface area contributed by atoms with Crippen molar-refractivity contribution in [3.63, 3.8) is 0 Å². The van der Waals surface area contributed by atoms with Crippen LogP contribution in [-0.2, 0) is 14.3 Å². The third-order valence-corrected chi connectivity index (χ3v) is 3.95. The summed E-state index contributed by atoms with van der Waals surface area (Å²) >= 11 is 12.0. The molecular formula is C11H8Cl2N2O5. The highest BCUT2D eigenvalue weighted by molar-refractivity contribution is 6.53. The molecule has 2 aliphatic rings. The smallest absolute Gasteiger partial charge is 0.332 e. The molecule has 106 valence electrons. The molecule has 1 spiro atoms. The summed E-state index contributed by atoms with van der Waals surface area (Å²) in [6.45, 7) is 0.421. The van der Waals surface area contributed by atoms with Crippen molar-refractivity contribution in [2.45, 2.75) is 11.2 Å². The maximum atomic E-state index is 12.0. The van der Waals surface area contributed by atoms with E-state index in [4.69, 9.17) is 32.7 Å². The van der Waals surface area contributed by atoms with Crippen LogP contribution in [0.4, 0.5) is 0 Å². The summed E-state index contributed by atoms with van der Waals surface area (Å²) in [5.74, 6) is -2.19. The zero-order chi connectivity index (χ0) is 14.5. The van der Waals surface area contributed by atoms with Crippen LogP contribution >= 0.6 is 23.2 Å². The Morgan fingerprint density at radius 3 is 2.55 bits per heavy atom. The summed E-state index contributed by atoms with van der Waals surface area (Å²) in [7, 11) is 0. The Bertz CT molecular complexity index is 729. The lowest BCUT2D eigenvalue weighted by molar-refractivity contribution is -0.132. The third-order valence-electron chi connectivity index (χ3n) is 3.10. The zero-order valence-electron chi connectivity index (χ0n) is 9.89. The lowest BCUT2D eigenvalue weighted by Crippen LogP contribution is -2.44. The first kappa shape index (κ1) is 13.6. The van der Waals surface area contributed by atoms with Crippen LogP contribution in [0.3, 0.4) is 0 Å². The highest BCUT2D eigenvalue weighted by Crippen LogP contribution is 2.46. The van der Waals surface area contributed by atoms with E-state index < -0.39 is 28.2 Å². The van der Waals surface area contributed by atoms with Gasteiger partial charge in [0, 0.05) is 12.3 Å². The average molecular weight is 319 g/mol. The van der Waals surface area contributed by atoms with Crippen LogP contribution in [0.25, 0.3) is 5.70 Å². The van der Waals surface area contributed by atoms with Gasteiger partial charge in [-0.2, -0.15) is 0 Å². The van der Waals surface area contributed by atoms with Crippen molar-refractivity contribution in [3.8, 4) is 0 Å². The molecule has 1 fully saturated rings. The van der Waals surface area contributed by atoms with Crippen molar-refractivity contribution in [1.82, 2.24) is 9.55 Å². The molecule has 9 heteroatoms. The van der Waals surface area contributed by atoms with Gasteiger partial charge in [-0.15, -0.1) is 11.6 Å². The monoisotopic (exact) mass is 318 g/mol. The van der Waals surface area contributed by atoms with Gasteiger partial charge in [0.25, 0.3) is 5.56 Å². The number of nitrogens with one attached hydrogen (secondary N) is 1. The molecule has 1 saturated heterocycles. The van der Waals surface area contributed by atoms with E-state index in [1.54, 1.807) is 0 Å². The first-order valence-corrected chi connectivity index (χ1v) is 6.47. The quantitative estimate of drug-likeness (QED) is 0.729. The van der Waals surface area contributed by atoms with E-state index in [2.05, 4.69) is 4.98 Å². The first-order chi connectivity index (χ1) is 9.47. The van der Waals surface area contributed by atoms with Gasteiger partial charge in [-0.3, -0.25) is 19.1 Å². The van der Waals surface area contributed by atoms with Crippen molar-refractivity contribution < 1.29 is 14.3 Å². The molecule has 0 radical (unpaired) electrons. The first-order valence-electron chi connectivity index (χ1n) is 5.66. The predicted molar refractivity (Wildman–Crippen MR) is 69.7 cm³/mol. The van der Waals surface area contributed by atoms with Crippen molar-refractivity contribution in [3.05, 3.63) is 38.1 Å². The van der Waals surface area contributed by atoms with Gasteiger partial charge in [0.15, 0.2) is 11.2 Å². The number of Topliss-reactive ketones (excluding diaryl/α,β-unsaturated/α-hetero) is 1. The highest BCUT2D eigenvalue weighted by atomic mass is 35.5. The summed E-state index contributed by atoms with van der Waals surface area (Å²) in [6, 6.07) is 1.12. The number of halogens is 2. The molecule has 1 aromatic heterocycles. The molecule has 0 aromatic carbocycles. The van der Waals surface area contributed by atoms with Gasteiger partial charge in [-0.05, 0) is 0 Å². The molecule has 1 aliphatic heterocycles. The Balaban J connectivity index is 2.26. The summed E-state index contributed by atoms with van der Waals surface area (Å²) in [5, 5.41) is -1.44. The van der Waals surface area contributed by atoms with Gasteiger partial charge in [0.1, 0.15) is 10.7 Å². The van der Waals surface area contributed by atoms with E-state index >= 15 is 0 Å². The molecule has 1 unspecified atom stereocenters. The lowest BCUT2D eigenvalue weighted by atomic mass is 10.2. The van der Waals surface area contributed by atoms with Crippen LogP contribution in [0.5, 0.6) is 0 Å². The van der Waals surface area contributed by atoms with E-state index in [1.165, 1.54) is 6.20 Å². The van der Waals surface area contributed by atoms with Gasteiger partial charge in [-0.25, -0.2) is 4.79 Å². The number of aromatic nitrogens is 2. The minimum atomic E-state index is -1.60. The molecule has 0 saturated carbocycles. The van der Waals surface area contributed by atoms with Gasteiger partial charge in [0.05, 0.1) is 13.2 Å². The minimum Gasteiger partial charge on any atom is -0.341 e. The van der Waals surface area contributed by atoms with Crippen LogP contribution < -0.4 is 11.2 Å². The predicted octanol–water partition coefficient (Wildman–Crippen LogP) is -0.123. The van der Waals surface area contributed by atoms with Gasteiger partial charge >= 0.3 is 5.69 Å². The fourth-order valence-electron chi connectivity index (χ4n) is 2.25. The number of H-pyrrole nitrogens is 1. The number of carbonyl (C=O) groups is 1. The zero-order valence-corrected chi connectivity index (χ0v) is 11.4. The number of hydrogen-bond acceptors (Lipinski definition) is 5.